The molecule has 180 valence electrons. The monoisotopic (exact) mass is 470 g/mol. The Kier molecular flexibility index (Phi) is 7.64. The molecule has 3 heterocycles. The van der Waals surface area contributed by atoms with E-state index in [1.165, 1.54) is 13.2 Å². The number of benzene rings is 1. The van der Waals surface area contributed by atoms with Crippen LogP contribution in [0.4, 0.5) is 14.6 Å². The number of carbonyl (C=O) groups is 1. The predicted molar refractivity (Wildman–Crippen MR) is 126 cm³/mol. The molecule has 9 heteroatoms. The number of aromatic nitrogens is 2. The van der Waals surface area contributed by atoms with E-state index in [1.54, 1.807) is 18.3 Å². The zero-order valence-corrected chi connectivity index (χ0v) is 19.2. The number of halogens is 2. The summed E-state index contributed by atoms with van der Waals surface area (Å²) in [6.07, 6.45) is 6.54. The Hall–Kier alpha value is -3.17. The number of nitrogens with zero attached hydrogens (tertiary/aromatic N) is 4. The molecular weight excluding hydrogens is 442 g/mol. The molecule has 7 nitrogen and oxygen atoms in total. The lowest BCUT2D eigenvalue weighted by atomic mass is 9.99. The Morgan fingerprint density at radius 1 is 1.26 bits per heavy atom. The summed E-state index contributed by atoms with van der Waals surface area (Å²) in [5.74, 6) is -1.09. The van der Waals surface area contributed by atoms with Gasteiger partial charge in [0, 0.05) is 31.8 Å². The summed E-state index contributed by atoms with van der Waals surface area (Å²) < 4.78 is 37.8. The van der Waals surface area contributed by atoms with Gasteiger partial charge in [-0.2, -0.15) is 0 Å². The number of morpholine rings is 1. The molecule has 2 aliphatic rings. The first kappa shape index (κ1) is 24.0. The molecule has 0 N–H and O–H groups in total. The fraction of sp³-hybridized carbons (Fsp3) is 0.400. The average Bonchev–Trinajstić information content (AvgIpc) is 3.34. The summed E-state index contributed by atoms with van der Waals surface area (Å²) >= 11 is 0. The second-order valence-electron chi connectivity index (χ2n) is 8.23. The second kappa shape index (κ2) is 10.8. The van der Waals surface area contributed by atoms with E-state index >= 15 is 0 Å². The highest BCUT2D eigenvalue weighted by Gasteiger charge is 2.29. The van der Waals surface area contributed by atoms with Gasteiger partial charge in [-0.25, -0.2) is 18.6 Å². The Labute approximate surface area is 197 Å². The molecule has 0 radical (unpaired) electrons. The van der Waals surface area contributed by atoms with E-state index in [0.717, 1.165) is 56.0 Å². The Morgan fingerprint density at radius 3 is 2.79 bits per heavy atom. The number of rotatable bonds is 7. The van der Waals surface area contributed by atoms with E-state index in [1.807, 2.05) is 0 Å². The molecule has 34 heavy (non-hydrogen) atoms. The molecule has 1 aromatic heterocycles. The second-order valence-corrected chi connectivity index (χ2v) is 8.23. The van der Waals surface area contributed by atoms with E-state index in [4.69, 9.17) is 14.5 Å². The predicted octanol–water partition coefficient (Wildman–Crippen LogP) is 4.28. The van der Waals surface area contributed by atoms with Crippen molar-refractivity contribution in [2.45, 2.75) is 18.9 Å². The van der Waals surface area contributed by atoms with Gasteiger partial charge in [0.1, 0.15) is 17.5 Å². The van der Waals surface area contributed by atoms with Crippen LogP contribution in [-0.4, -0.2) is 67.3 Å². The fourth-order valence-corrected chi connectivity index (χ4v) is 4.42. The van der Waals surface area contributed by atoms with Gasteiger partial charge >= 0.3 is 5.97 Å². The summed E-state index contributed by atoms with van der Waals surface area (Å²) in [5.41, 5.74) is 2.54. The third-order valence-corrected chi connectivity index (χ3v) is 6.14. The van der Waals surface area contributed by atoms with Gasteiger partial charge in [-0.1, -0.05) is 6.58 Å². The molecule has 0 amide bonds. The number of likely N-dealkylation sites (tertiary alicyclic amines) is 1. The number of hydrogen-bond acceptors (Lipinski definition) is 7. The first-order chi connectivity index (χ1) is 16.5. The Morgan fingerprint density at radius 2 is 2.06 bits per heavy atom. The van der Waals surface area contributed by atoms with Gasteiger partial charge in [-0.3, -0.25) is 9.88 Å². The third kappa shape index (κ3) is 5.31. The van der Waals surface area contributed by atoms with Crippen molar-refractivity contribution in [3.05, 3.63) is 65.9 Å². The zero-order chi connectivity index (χ0) is 24.1. The molecule has 0 spiro atoms. The molecule has 1 unspecified atom stereocenters. The molecule has 2 saturated heterocycles. The maximum absolute atomic E-state index is 14.1. The van der Waals surface area contributed by atoms with Crippen molar-refractivity contribution in [3.8, 4) is 0 Å². The van der Waals surface area contributed by atoms with Gasteiger partial charge in [0.15, 0.2) is 0 Å². The highest BCUT2D eigenvalue weighted by molar-refractivity contribution is 5.95. The van der Waals surface area contributed by atoms with Crippen molar-refractivity contribution in [3.63, 3.8) is 0 Å². The largest absolute Gasteiger partial charge is 0.465 e. The van der Waals surface area contributed by atoms with E-state index < -0.39 is 17.6 Å². The minimum atomic E-state index is -0.727. The van der Waals surface area contributed by atoms with E-state index in [0.29, 0.717) is 29.8 Å². The van der Waals surface area contributed by atoms with Crippen LogP contribution in [0.3, 0.4) is 0 Å². The van der Waals surface area contributed by atoms with Crippen molar-refractivity contribution in [2.75, 3.05) is 51.4 Å². The molecule has 4 rings (SSSR count). The number of carbonyl (C=O) groups excluding carboxylic acids is 1. The standard InChI is InChI=1S/C25H28F2N4O3/c1-3-18(26)15-19(27)6-8-30-7-4-5-22(30)20-13-17(25(32)33-2)14-21-24(20)29-23(16-28-21)31-9-11-34-12-10-31/h3,6,13-16,22H,1,4-5,7-12H2,2H3/b18-15+,19-6+. The number of anilines is 1. The molecule has 2 fully saturated rings. The number of esters is 1. The topological polar surface area (TPSA) is 67.8 Å². The summed E-state index contributed by atoms with van der Waals surface area (Å²) in [4.78, 5) is 26.1. The number of methoxy groups -OCH3 is 1. The molecule has 0 bridgehead atoms. The molecule has 0 saturated carbocycles. The number of ether oxygens (including phenoxy) is 2. The molecule has 1 aromatic carbocycles. The van der Waals surface area contributed by atoms with Crippen LogP contribution in [0.25, 0.3) is 11.0 Å². The first-order valence-corrected chi connectivity index (χ1v) is 11.3. The maximum atomic E-state index is 14.1. The Balaban J connectivity index is 1.72. The van der Waals surface area contributed by atoms with Crippen LogP contribution in [0, 0.1) is 0 Å². The van der Waals surface area contributed by atoms with Gasteiger partial charge in [-0.15, -0.1) is 0 Å². The lowest BCUT2D eigenvalue weighted by Gasteiger charge is -2.28. The van der Waals surface area contributed by atoms with Crippen molar-refractivity contribution in [2.24, 2.45) is 0 Å². The fourth-order valence-electron chi connectivity index (χ4n) is 4.42. The van der Waals surface area contributed by atoms with Gasteiger partial charge in [0.05, 0.1) is 43.1 Å². The van der Waals surface area contributed by atoms with Crippen LogP contribution in [0.15, 0.2) is 54.8 Å². The zero-order valence-electron chi connectivity index (χ0n) is 19.2. The van der Waals surface area contributed by atoms with Crippen LogP contribution in [0.1, 0.15) is 34.8 Å². The van der Waals surface area contributed by atoms with Crippen LogP contribution in [0.2, 0.25) is 0 Å². The van der Waals surface area contributed by atoms with Gasteiger partial charge in [-0.05, 0) is 49.2 Å². The van der Waals surface area contributed by atoms with E-state index in [-0.39, 0.29) is 12.6 Å². The van der Waals surface area contributed by atoms with Crippen molar-refractivity contribution >= 4 is 22.8 Å². The first-order valence-electron chi connectivity index (χ1n) is 11.3. The molecule has 2 aromatic rings. The van der Waals surface area contributed by atoms with Crippen molar-refractivity contribution in [1.82, 2.24) is 14.9 Å². The lowest BCUT2D eigenvalue weighted by molar-refractivity contribution is 0.0600. The number of hydrogen-bond donors (Lipinski definition) is 0. The van der Waals surface area contributed by atoms with Crippen LogP contribution >= 0.6 is 0 Å². The van der Waals surface area contributed by atoms with Crippen LogP contribution in [0.5, 0.6) is 0 Å². The Bertz CT molecular complexity index is 1130. The lowest BCUT2D eigenvalue weighted by Crippen LogP contribution is -2.36. The normalized spacial score (nSPS) is 20.1. The van der Waals surface area contributed by atoms with E-state index in [2.05, 4.69) is 21.4 Å². The molecular formula is C25H28F2N4O3. The molecule has 0 aliphatic carbocycles. The summed E-state index contributed by atoms with van der Waals surface area (Å²) in [6.45, 7) is 7.03. The highest BCUT2D eigenvalue weighted by atomic mass is 19.1. The smallest absolute Gasteiger partial charge is 0.337 e. The van der Waals surface area contributed by atoms with Gasteiger partial charge in [0.2, 0.25) is 0 Å². The summed E-state index contributed by atoms with van der Waals surface area (Å²) in [6, 6.07) is 3.38. The highest BCUT2D eigenvalue weighted by Crippen LogP contribution is 2.36. The SMILES string of the molecule is C=C/C(F)=C\C(F)=C/CN1CCCC1c1cc(C(=O)OC)cc2ncc(N3CCOCC3)nc12. The quantitative estimate of drug-likeness (QED) is 0.442. The maximum Gasteiger partial charge on any atom is 0.337 e. The molecule has 1 atom stereocenters. The van der Waals surface area contributed by atoms with Crippen LogP contribution in [-0.2, 0) is 9.47 Å². The van der Waals surface area contributed by atoms with Crippen LogP contribution < -0.4 is 4.90 Å². The average molecular weight is 471 g/mol. The minimum absolute atomic E-state index is 0.0985. The van der Waals surface area contributed by atoms with Crippen molar-refractivity contribution < 1.29 is 23.0 Å². The van der Waals surface area contributed by atoms with Crippen molar-refractivity contribution in [1.29, 1.82) is 0 Å². The third-order valence-electron chi connectivity index (χ3n) is 6.14. The summed E-state index contributed by atoms with van der Waals surface area (Å²) in [7, 11) is 1.34. The van der Waals surface area contributed by atoms with Gasteiger partial charge < -0.3 is 14.4 Å². The van der Waals surface area contributed by atoms with Gasteiger partial charge in [0.25, 0.3) is 0 Å². The van der Waals surface area contributed by atoms with E-state index in [9.17, 15) is 13.6 Å². The number of allylic oxidation sites excluding steroid dienone is 4. The minimum Gasteiger partial charge on any atom is -0.465 e. The molecule has 2 aliphatic heterocycles. The summed E-state index contributed by atoms with van der Waals surface area (Å²) in [5, 5.41) is 0. The number of fused-ring (bicyclic) bond motifs is 1.